The SMILES string of the molecule is CCCCc1ccc(-c2ccc(C3CCC(OC)CO3)cc2F)c(F)c1F. The highest BCUT2D eigenvalue weighted by Gasteiger charge is 2.24. The van der Waals surface area contributed by atoms with Gasteiger partial charge in [0.25, 0.3) is 0 Å². The lowest BCUT2D eigenvalue weighted by Crippen LogP contribution is -2.26. The van der Waals surface area contributed by atoms with Crippen LogP contribution in [0.15, 0.2) is 30.3 Å². The molecule has 0 aliphatic carbocycles. The van der Waals surface area contributed by atoms with Crippen molar-refractivity contribution in [3.63, 3.8) is 0 Å². The molecule has 27 heavy (non-hydrogen) atoms. The Hall–Kier alpha value is -1.85. The van der Waals surface area contributed by atoms with Crippen molar-refractivity contribution < 1.29 is 22.6 Å². The first-order valence-corrected chi connectivity index (χ1v) is 9.46. The Morgan fingerprint density at radius 2 is 1.81 bits per heavy atom. The lowest BCUT2D eigenvalue weighted by Gasteiger charge is -2.28. The van der Waals surface area contributed by atoms with Crippen LogP contribution in [0.3, 0.4) is 0 Å². The molecule has 0 spiro atoms. The summed E-state index contributed by atoms with van der Waals surface area (Å²) in [7, 11) is 1.64. The van der Waals surface area contributed by atoms with Gasteiger partial charge in [-0.1, -0.05) is 37.6 Å². The normalized spacial score (nSPS) is 20.0. The molecule has 0 amide bonds. The minimum atomic E-state index is -0.993. The molecule has 3 rings (SSSR count). The first-order valence-electron chi connectivity index (χ1n) is 9.46. The quantitative estimate of drug-likeness (QED) is 0.616. The largest absolute Gasteiger partial charge is 0.379 e. The van der Waals surface area contributed by atoms with Gasteiger partial charge < -0.3 is 9.47 Å². The van der Waals surface area contributed by atoms with E-state index in [0.717, 1.165) is 25.7 Å². The Kier molecular flexibility index (Phi) is 6.55. The number of hydrogen-bond donors (Lipinski definition) is 0. The van der Waals surface area contributed by atoms with Crippen LogP contribution in [0, 0.1) is 17.5 Å². The van der Waals surface area contributed by atoms with E-state index < -0.39 is 17.5 Å². The van der Waals surface area contributed by atoms with Gasteiger partial charge in [0.15, 0.2) is 11.6 Å². The molecule has 1 fully saturated rings. The van der Waals surface area contributed by atoms with Gasteiger partial charge in [0.05, 0.1) is 18.8 Å². The number of hydrogen-bond acceptors (Lipinski definition) is 2. The van der Waals surface area contributed by atoms with E-state index in [0.29, 0.717) is 24.2 Å². The molecule has 1 heterocycles. The van der Waals surface area contributed by atoms with Crippen LogP contribution < -0.4 is 0 Å². The van der Waals surface area contributed by atoms with Crippen molar-refractivity contribution >= 4 is 0 Å². The van der Waals surface area contributed by atoms with Crippen LogP contribution in [0.25, 0.3) is 11.1 Å². The monoisotopic (exact) mass is 378 g/mol. The van der Waals surface area contributed by atoms with Gasteiger partial charge in [-0.2, -0.15) is 0 Å². The van der Waals surface area contributed by atoms with Gasteiger partial charge >= 0.3 is 0 Å². The third-order valence-corrected chi connectivity index (χ3v) is 5.18. The third-order valence-electron chi connectivity index (χ3n) is 5.18. The molecule has 0 radical (unpaired) electrons. The summed E-state index contributed by atoms with van der Waals surface area (Å²) in [5.74, 6) is -2.46. The van der Waals surface area contributed by atoms with E-state index in [4.69, 9.17) is 9.47 Å². The van der Waals surface area contributed by atoms with Crippen molar-refractivity contribution in [2.75, 3.05) is 13.7 Å². The Labute approximate surface area is 158 Å². The minimum absolute atomic E-state index is 0.0548. The van der Waals surface area contributed by atoms with E-state index in [9.17, 15) is 13.2 Å². The molecule has 2 atom stereocenters. The van der Waals surface area contributed by atoms with Gasteiger partial charge in [0, 0.05) is 18.2 Å². The van der Waals surface area contributed by atoms with Crippen LogP contribution in [0.1, 0.15) is 49.8 Å². The van der Waals surface area contributed by atoms with Crippen LogP contribution in [0.4, 0.5) is 13.2 Å². The maximum absolute atomic E-state index is 14.7. The lowest BCUT2D eigenvalue weighted by atomic mass is 9.95. The fourth-order valence-electron chi connectivity index (χ4n) is 3.48. The summed E-state index contributed by atoms with van der Waals surface area (Å²) in [4.78, 5) is 0. The van der Waals surface area contributed by atoms with E-state index in [-0.39, 0.29) is 23.3 Å². The fourth-order valence-corrected chi connectivity index (χ4v) is 3.48. The van der Waals surface area contributed by atoms with E-state index >= 15 is 0 Å². The average molecular weight is 378 g/mol. The van der Waals surface area contributed by atoms with Gasteiger partial charge in [-0.3, -0.25) is 0 Å². The molecule has 1 aliphatic rings. The first kappa shape index (κ1) is 19.9. The second-order valence-corrected chi connectivity index (χ2v) is 7.00. The van der Waals surface area contributed by atoms with Gasteiger partial charge in [0.1, 0.15) is 5.82 Å². The van der Waals surface area contributed by atoms with E-state index in [1.807, 2.05) is 6.92 Å². The summed E-state index contributed by atoms with van der Waals surface area (Å²) in [6.45, 7) is 2.45. The molecule has 2 nitrogen and oxygen atoms in total. The van der Waals surface area contributed by atoms with Gasteiger partial charge in [-0.15, -0.1) is 0 Å². The van der Waals surface area contributed by atoms with Crippen molar-refractivity contribution in [3.8, 4) is 11.1 Å². The second-order valence-electron chi connectivity index (χ2n) is 7.00. The van der Waals surface area contributed by atoms with Crippen molar-refractivity contribution in [1.82, 2.24) is 0 Å². The van der Waals surface area contributed by atoms with Gasteiger partial charge in [-0.25, -0.2) is 13.2 Å². The number of aryl methyl sites for hydroxylation is 1. The second kappa shape index (κ2) is 8.89. The molecule has 0 bridgehead atoms. The van der Waals surface area contributed by atoms with Crippen molar-refractivity contribution in [2.45, 2.75) is 51.2 Å². The van der Waals surface area contributed by atoms with Crippen LogP contribution in [0.2, 0.25) is 0 Å². The maximum Gasteiger partial charge on any atom is 0.167 e. The molecule has 2 aromatic carbocycles. The van der Waals surface area contributed by atoms with Crippen molar-refractivity contribution in [1.29, 1.82) is 0 Å². The van der Waals surface area contributed by atoms with Crippen LogP contribution in [-0.4, -0.2) is 19.8 Å². The molecule has 0 saturated carbocycles. The zero-order chi connectivity index (χ0) is 19.4. The smallest absolute Gasteiger partial charge is 0.167 e. The number of unbranched alkanes of at least 4 members (excludes halogenated alkanes) is 1. The number of benzene rings is 2. The summed E-state index contributed by atoms with van der Waals surface area (Å²) < 4.78 is 54.5. The minimum Gasteiger partial charge on any atom is -0.379 e. The topological polar surface area (TPSA) is 18.5 Å². The molecule has 0 N–H and O–H groups in total. The molecule has 146 valence electrons. The standard InChI is InChI=1S/C22H25F3O2/c1-3-4-5-14-6-10-18(22(25)21(14)24)17-9-7-15(12-19(17)23)20-11-8-16(26-2)13-27-20/h6-7,9-10,12,16,20H,3-5,8,11,13H2,1-2H3. The summed E-state index contributed by atoms with van der Waals surface area (Å²) >= 11 is 0. The molecule has 1 saturated heterocycles. The van der Waals surface area contributed by atoms with Crippen LogP contribution in [-0.2, 0) is 15.9 Å². The van der Waals surface area contributed by atoms with Gasteiger partial charge in [0.2, 0.25) is 0 Å². The fraction of sp³-hybridized carbons (Fsp3) is 0.455. The number of methoxy groups -OCH3 is 1. The van der Waals surface area contributed by atoms with E-state index in [2.05, 4.69) is 0 Å². The highest BCUT2D eigenvalue weighted by Crippen LogP contribution is 2.34. The molecule has 1 aliphatic heterocycles. The zero-order valence-corrected chi connectivity index (χ0v) is 15.7. The summed E-state index contributed by atoms with van der Waals surface area (Å²) in [6, 6.07) is 7.59. The number of rotatable bonds is 6. The third kappa shape index (κ3) is 4.36. The predicted molar refractivity (Wildman–Crippen MR) is 99.1 cm³/mol. The van der Waals surface area contributed by atoms with Crippen LogP contribution >= 0.6 is 0 Å². The molecule has 2 aromatic rings. The van der Waals surface area contributed by atoms with Crippen molar-refractivity contribution in [2.24, 2.45) is 0 Å². The Morgan fingerprint density at radius 3 is 2.44 bits per heavy atom. The molecule has 0 aromatic heterocycles. The van der Waals surface area contributed by atoms with E-state index in [1.54, 1.807) is 19.2 Å². The maximum atomic E-state index is 14.7. The summed E-state index contributed by atoms with van der Waals surface area (Å²) in [5.41, 5.74) is 1.04. The summed E-state index contributed by atoms with van der Waals surface area (Å²) in [5, 5.41) is 0. The Balaban J connectivity index is 1.83. The average Bonchev–Trinajstić information content (AvgIpc) is 2.69. The molecule has 2 unspecified atom stereocenters. The number of ether oxygens (including phenoxy) is 2. The highest BCUT2D eigenvalue weighted by atomic mass is 19.2. The highest BCUT2D eigenvalue weighted by molar-refractivity contribution is 5.66. The van der Waals surface area contributed by atoms with Gasteiger partial charge in [-0.05, 0) is 42.9 Å². The molecule has 5 heteroatoms. The molecular weight excluding hydrogens is 353 g/mol. The Morgan fingerprint density at radius 1 is 1.04 bits per heavy atom. The van der Waals surface area contributed by atoms with Crippen molar-refractivity contribution in [3.05, 3.63) is 58.9 Å². The first-order chi connectivity index (χ1) is 13.0. The van der Waals surface area contributed by atoms with E-state index in [1.165, 1.54) is 18.2 Å². The van der Waals surface area contributed by atoms with Crippen LogP contribution in [0.5, 0.6) is 0 Å². The molecular formula is C22H25F3O2. The Bertz CT molecular complexity index is 783. The lowest BCUT2D eigenvalue weighted by molar-refractivity contribution is -0.0726. The zero-order valence-electron chi connectivity index (χ0n) is 15.7. The summed E-state index contributed by atoms with van der Waals surface area (Å²) in [6.07, 6.45) is 3.57. The predicted octanol–water partition coefficient (Wildman–Crippen LogP) is 5.98. The number of halogens is 3.